The molecule has 2 aliphatic heterocycles. The first-order valence-corrected chi connectivity index (χ1v) is 13.6. The predicted molar refractivity (Wildman–Crippen MR) is 148 cm³/mol. The first-order valence-electron chi connectivity index (χ1n) is 10.3. The molecule has 10 nitrogen and oxygen atoms in total. The van der Waals surface area contributed by atoms with E-state index in [2.05, 4.69) is 10.6 Å². The van der Waals surface area contributed by atoms with Gasteiger partial charge in [-0.3, -0.25) is 9.59 Å². The molecular formula is C21H25I3N2O8. The number of halogens is 3. The maximum atomic E-state index is 12.9. The van der Waals surface area contributed by atoms with Gasteiger partial charge >= 0.3 is 5.97 Å². The maximum Gasteiger partial charge on any atom is 0.338 e. The topological polar surface area (TPSA) is 132 Å². The van der Waals surface area contributed by atoms with Gasteiger partial charge in [0, 0.05) is 0 Å². The van der Waals surface area contributed by atoms with Gasteiger partial charge in [-0.05, 0) is 95.5 Å². The molecule has 2 amide bonds. The van der Waals surface area contributed by atoms with Crippen molar-refractivity contribution in [2.24, 2.45) is 11.8 Å². The average Bonchev–Trinajstić information content (AvgIpc) is 2.73. The van der Waals surface area contributed by atoms with Gasteiger partial charge in [0.15, 0.2) is 11.6 Å². The molecule has 0 aromatic heterocycles. The zero-order chi connectivity index (χ0) is 25.4. The first-order chi connectivity index (χ1) is 15.7. The van der Waals surface area contributed by atoms with Crippen LogP contribution in [0.2, 0.25) is 0 Å². The molecule has 3 N–H and O–H groups in total. The van der Waals surface area contributed by atoms with E-state index in [1.807, 2.05) is 67.8 Å². The van der Waals surface area contributed by atoms with Gasteiger partial charge < -0.3 is 34.7 Å². The third-order valence-corrected chi connectivity index (χ3v) is 8.53. The number of ether oxygens (including phenoxy) is 4. The van der Waals surface area contributed by atoms with Crippen molar-refractivity contribution < 1.29 is 38.4 Å². The van der Waals surface area contributed by atoms with E-state index in [1.165, 1.54) is 0 Å². The molecule has 0 radical (unpaired) electrons. The number of nitrogens with one attached hydrogen (secondary N) is 2. The lowest BCUT2D eigenvalue weighted by atomic mass is 10.1. The Morgan fingerprint density at radius 1 is 0.735 bits per heavy atom. The highest BCUT2D eigenvalue weighted by Gasteiger charge is 2.35. The van der Waals surface area contributed by atoms with Gasteiger partial charge in [0.05, 0.1) is 65.9 Å². The van der Waals surface area contributed by atoms with Crippen molar-refractivity contribution in [1.29, 1.82) is 0 Å². The summed E-state index contributed by atoms with van der Waals surface area (Å²) in [4.78, 5) is 37.9. The van der Waals surface area contributed by atoms with E-state index >= 15 is 0 Å². The zero-order valence-electron chi connectivity index (χ0n) is 18.9. The second-order valence-corrected chi connectivity index (χ2v) is 12.0. The second kappa shape index (κ2) is 11.0. The van der Waals surface area contributed by atoms with Crippen LogP contribution in [0.25, 0.3) is 0 Å². The van der Waals surface area contributed by atoms with Crippen LogP contribution < -0.4 is 10.6 Å². The van der Waals surface area contributed by atoms with Gasteiger partial charge in [-0.1, -0.05) is 0 Å². The lowest BCUT2D eigenvalue weighted by Gasteiger charge is -2.34. The summed E-state index contributed by atoms with van der Waals surface area (Å²) < 4.78 is 23.5. The highest BCUT2D eigenvalue weighted by molar-refractivity contribution is 14.1. The fourth-order valence-electron chi connectivity index (χ4n) is 3.21. The van der Waals surface area contributed by atoms with E-state index in [4.69, 9.17) is 18.9 Å². The molecule has 0 saturated carbocycles. The minimum atomic E-state index is -1.17. The number of anilines is 2. The summed E-state index contributed by atoms with van der Waals surface area (Å²) in [5, 5.41) is 15.5. The van der Waals surface area contributed by atoms with Crippen molar-refractivity contribution in [2.75, 3.05) is 37.1 Å². The molecule has 13 heteroatoms. The zero-order valence-corrected chi connectivity index (χ0v) is 25.4. The van der Waals surface area contributed by atoms with Crippen LogP contribution in [0.3, 0.4) is 0 Å². The largest absolute Gasteiger partial charge is 0.478 e. The number of carboxylic acid groups (broad SMARTS) is 1. The molecule has 0 bridgehead atoms. The number of amides is 2. The number of carbonyl (C=O) groups excluding carboxylic acids is 2. The van der Waals surface area contributed by atoms with Gasteiger partial charge in [-0.25, -0.2) is 4.79 Å². The Morgan fingerprint density at radius 2 is 1.06 bits per heavy atom. The van der Waals surface area contributed by atoms with Gasteiger partial charge in [0.2, 0.25) is 11.8 Å². The second-order valence-electron chi connectivity index (χ2n) is 8.79. The van der Waals surface area contributed by atoms with Crippen LogP contribution in [0, 0.1) is 22.5 Å². The van der Waals surface area contributed by atoms with Crippen molar-refractivity contribution in [3.8, 4) is 0 Å². The first kappa shape index (κ1) is 28.2. The predicted octanol–water partition coefficient (Wildman–Crippen LogP) is 3.87. The number of benzene rings is 1. The average molecular weight is 814 g/mol. The number of hydrogen-bond acceptors (Lipinski definition) is 7. The Labute approximate surface area is 238 Å². The summed E-state index contributed by atoms with van der Waals surface area (Å²) in [6, 6.07) is 0. The number of aromatic carboxylic acids is 1. The van der Waals surface area contributed by atoms with E-state index in [0.717, 1.165) is 0 Å². The van der Waals surface area contributed by atoms with E-state index < -0.39 is 29.4 Å². The van der Waals surface area contributed by atoms with E-state index in [0.29, 0.717) is 22.1 Å². The molecular weight excluding hydrogens is 789 g/mol. The molecule has 0 atom stereocenters. The smallest absolute Gasteiger partial charge is 0.338 e. The van der Waals surface area contributed by atoms with Gasteiger partial charge in [-0.15, -0.1) is 0 Å². The highest BCUT2D eigenvalue weighted by Crippen LogP contribution is 2.39. The van der Waals surface area contributed by atoms with Gasteiger partial charge in [0.1, 0.15) is 0 Å². The highest BCUT2D eigenvalue weighted by atomic mass is 127. The molecule has 2 aliphatic rings. The SMILES string of the molecule is CC1(C)OCC(C(=O)Nc2c(I)c(NC(=O)C3COC(C)(C)OC3)c(I)c(C(=O)O)c2I)CO1. The Bertz CT molecular complexity index is 925. The van der Waals surface area contributed by atoms with Crippen molar-refractivity contribution in [1.82, 2.24) is 0 Å². The monoisotopic (exact) mass is 814 g/mol. The Morgan fingerprint density at radius 3 is 1.35 bits per heavy atom. The lowest BCUT2D eigenvalue weighted by molar-refractivity contribution is -0.258. The van der Waals surface area contributed by atoms with Crippen molar-refractivity contribution >= 4 is 96.9 Å². The van der Waals surface area contributed by atoms with E-state index in [9.17, 15) is 19.5 Å². The van der Waals surface area contributed by atoms with E-state index in [1.54, 1.807) is 27.7 Å². The third-order valence-electron chi connectivity index (χ3n) is 5.30. The molecule has 0 unspecified atom stereocenters. The standard InChI is InChI=1S/C21H25I3N2O8/c1-20(2)31-5-9(6-32-20)17(27)25-15-12(22)11(19(29)30)13(23)16(14(15)24)26-18(28)10-7-33-21(3,4)34-8-10/h9-10H,5-8H2,1-4H3,(H,25,27)(H,26,28)(H,29,30). The Kier molecular flexibility index (Phi) is 9.10. The van der Waals surface area contributed by atoms with Crippen molar-refractivity contribution in [3.05, 3.63) is 16.3 Å². The number of rotatable bonds is 5. The summed E-state index contributed by atoms with van der Waals surface area (Å²) in [5.41, 5.74) is 0.602. The Balaban J connectivity index is 1.88. The molecule has 2 saturated heterocycles. The van der Waals surface area contributed by atoms with Gasteiger partial charge in [0.25, 0.3) is 0 Å². The summed E-state index contributed by atoms with van der Waals surface area (Å²) in [7, 11) is 0. The minimum Gasteiger partial charge on any atom is -0.478 e. The quantitative estimate of drug-likeness (QED) is 0.383. The molecule has 0 aliphatic carbocycles. The normalized spacial score (nSPS) is 20.6. The summed E-state index contributed by atoms with van der Waals surface area (Å²) in [5.74, 6) is -4.56. The van der Waals surface area contributed by atoms with Crippen LogP contribution in [0.4, 0.5) is 11.4 Å². The number of carbonyl (C=O) groups is 3. The molecule has 0 spiro atoms. The maximum absolute atomic E-state index is 12.9. The molecule has 34 heavy (non-hydrogen) atoms. The Hall–Kier alpha value is -0.340. The van der Waals surface area contributed by atoms with Crippen LogP contribution in [-0.2, 0) is 28.5 Å². The van der Waals surface area contributed by atoms with Gasteiger partial charge in [-0.2, -0.15) is 0 Å². The minimum absolute atomic E-state index is 0.0122. The van der Waals surface area contributed by atoms with Crippen molar-refractivity contribution in [2.45, 2.75) is 39.3 Å². The third kappa shape index (κ3) is 6.50. The lowest BCUT2D eigenvalue weighted by Crippen LogP contribution is -2.44. The molecule has 2 heterocycles. The fraction of sp³-hybridized carbons (Fsp3) is 0.571. The summed E-state index contributed by atoms with van der Waals surface area (Å²) in [6.45, 7) is 7.75. The summed E-state index contributed by atoms with van der Waals surface area (Å²) >= 11 is 5.78. The van der Waals surface area contributed by atoms with E-state index in [-0.39, 0.29) is 43.8 Å². The summed E-state index contributed by atoms with van der Waals surface area (Å²) in [6.07, 6.45) is 0. The van der Waals surface area contributed by atoms with Crippen LogP contribution >= 0.6 is 67.8 Å². The molecule has 3 rings (SSSR count). The number of hydrogen-bond donors (Lipinski definition) is 3. The van der Waals surface area contributed by atoms with Crippen molar-refractivity contribution in [3.63, 3.8) is 0 Å². The van der Waals surface area contributed by atoms with Crippen LogP contribution in [0.1, 0.15) is 38.1 Å². The fourth-order valence-corrected chi connectivity index (χ4v) is 7.38. The molecule has 188 valence electrons. The molecule has 1 aromatic rings. The van der Waals surface area contributed by atoms with Crippen LogP contribution in [0.5, 0.6) is 0 Å². The number of carboxylic acids is 1. The van der Waals surface area contributed by atoms with Crippen LogP contribution in [-0.4, -0.2) is 60.9 Å². The van der Waals surface area contributed by atoms with Crippen LogP contribution in [0.15, 0.2) is 0 Å². The molecule has 1 aromatic carbocycles. The molecule has 2 fully saturated rings.